The second kappa shape index (κ2) is 7.77. The van der Waals surface area contributed by atoms with E-state index in [2.05, 4.69) is 10.6 Å². The van der Waals surface area contributed by atoms with Crippen molar-refractivity contribution in [3.05, 3.63) is 30.1 Å². The van der Waals surface area contributed by atoms with E-state index in [1.165, 1.54) is 32.1 Å². The Morgan fingerprint density at radius 2 is 2.08 bits per heavy atom. The third kappa shape index (κ3) is 3.76. The van der Waals surface area contributed by atoms with E-state index in [9.17, 15) is 4.79 Å². The zero-order valence-corrected chi connectivity index (χ0v) is 13.9. The van der Waals surface area contributed by atoms with Crippen molar-refractivity contribution >= 4 is 16.9 Å². The molecule has 0 radical (unpaired) electrons. The van der Waals surface area contributed by atoms with Crippen LogP contribution in [0, 0.1) is 5.92 Å². The summed E-state index contributed by atoms with van der Waals surface area (Å²) in [6, 6.07) is 7.44. The molecule has 1 aromatic carbocycles. The largest absolute Gasteiger partial charge is 0.328 e. The summed E-state index contributed by atoms with van der Waals surface area (Å²) in [5.41, 5.74) is 9.55. The van der Waals surface area contributed by atoms with Gasteiger partial charge in [0.15, 0.2) is 0 Å². The first-order chi connectivity index (χ1) is 11.7. The summed E-state index contributed by atoms with van der Waals surface area (Å²) < 4.78 is 2.30. The molecule has 1 fully saturated rings. The highest BCUT2D eigenvalue weighted by atomic mass is 16.5. The Bertz CT molecular complexity index is 691. The van der Waals surface area contributed by atoms with Crippen molar-refractivity contribution in [3.63, 3.8) is 0 Å². The molecular formula is C18H26N4O2. The van der Waals surface area contributed by atoms with Crippen LogP contribution < -0.4 is 11.2 Å². The van der Waals surface area contributed by atoms with Crippen LogP contribution in [-0.2, 0) is 17.8 Å². The van der Waals surface area contributed by atoms with Gasteiger partial charge < -0.3 is 10.3 Å². The second-order valence-electron chi connectivity index (χ2n) is 6.75. The lowest BCUT2D eigenvalue weighted by Gasteiger charge is -2.23. The number of benzene rings is 1. The van der Waals surface area contributed by atoms with Gasteiger partial charge in [0, 0.05) is 13.0 Å². The molecule has 6 nitrogen and oxygen atoms in total. The van der Waals surface area contributed by atoms with Gasteiger partial charge in [0.25, 0.3) is 5.91 Å². The summed E-state index contributed by atoms with van der Waals surface area (Å²) >= 11 is 0. The normalized spacial score (nSPS) is 17.1. The van der Waals surface area contributed by atoms with E-state index in [-0.39, 0.29) is 0 Å². The number of hydrogen-bond donors (Lipinski definition) is 3. The van der Waals surface area contributed by atoms with E-state index >= 15 is 0 Å². The Balaban J connectivity index is 1.80. The number of fused-ring (bicyclic) bond motifs is 1. The number of hydroxylamine groups is 1. The van der Waals surface area contributed by atoms with Gasteiger partial charge in [0.05, 0.1) is 17.1 Å². The fraction of sp³-hybridized carbons (Fsp3) is 0.556. The van der Waals surface area contributed by atoms with Crippen LogP contribution >= 0.6 is 0 Å². The average molecular weight is 330 g/mol. The summed E-state index contributed by atoms with van der Waals surface area (Å²) in [5.74, 6) is 1.12. The Morgan fingerprint density at radius 1 is 1.33 bits per heavy atom. The van der Waals surface area contributed by atoms with Crippen LogP contribution in [0.1, 0.15) is 44.3 Å². The monoisotopic (exact) mass is 330 g/mol. The van der Waals surface area contributed by atoms with Crippen LogP contribution in [0.2, 0.25) is 0 Å². The number of amides is 1. The van der Waals surface area contributed by atoms with Gasteiger partial charge in [-0.2, -0.15) is 0 Å². The Hall–Kier alpha value is -1.92. The number of rotatable bonds is 6. The highest BCUT2D eigenvalue weighted by Gasteiger charge is 2.19. The van der Waals surface area contributed by atoms with Crippen molar-refractivity contribution in [2.24, 2.45) is 11.7 Å². The van der Waals surface area contributed by atoms with Crippen LogP contribution in [0.15, 0.2) is 24.3 Å². The first-order valence-electron chi connectivity index (χ1n) is 8.82. The zero-order chi connectivity index (χ0) is 16.9. The van der Waals surface area contributed by atoms with Crippen molar-refractivity contribution in [1.29, 1.82) is 0 Å². The molecule has 1 saturated carbocycles. The van der Waals surface area contributed by atoms with E-state index < -0.39 is 11.9 Å². The minimum atomic E-state index is -0.724. The average Bonchev–Trinajstić information content (AvgIpc) is 2.97. The fourth-order valence-electron chi connectivity index (χ4n) is 3.65. The van der Waals surface area contributed by atoms with Crippen molar-refractivity contribution in [3.8, 4) is 0 Å². The summed E-state index contributed by atoms with van der Waals surface area (Å²) in [7, 11) is 0. The first-order valence-corrected chi connectivity index (χ1v) is 8.82. The predicted octanol–water partition coefficient (Wildman–Crippen LogP) is 2.38. The van der Waals surface area contributed by atoms with Gasteiger partial charge in [0.1, 0.15) is 5.82 Å². The lowest BCUT2D eigenvalue weighted by molar-refractivity contribution is -0.130. The van der Waals surface area contributed by atoms with Gasteiger partial charge in [-0.05, 0) is 37.3 Å². The molecule has 2 aromatic rings. The molecule has 24 heavy (non-hydrogen) atoms. The number of nitrogens with one attached hydrogen (secondary N) is 1. The number of carbonyl (C=O) groups excluding carboxylic acids is 1. The molecule has 0 spiro atoms. The number of nitrogens with zero attached hydrogens (tertiary/aromatic N) is 2. The Kier molecular flexibility index (Phi) is 5.48. The standard InChI is InChI=1S/C18H26N4O2/c19-14(18(23)21-24)10-11-17-20-15-8-4-5-9-16(15)22(17)12-13-6-2-1-3-7-13/h4-5,8-9,13-14,24H,1-3,6-7,10-12,19H2,(H,21,23). The SMILES string of the molecule is NC(CCc1nc2ccccc2n1CC1CCCCC1)C(=O)NO. The molecule has 1 unspecified atom stereocenters. The van der Waals surface area contributed by atoms with Crippen LogP contribution in [0.25, 0.3) is 11.0 Å². The summed E-state index contributed by atoms with van der Waals surface area (Å²) in [6.07, 6.45) is 7.61. The quantitative estimate of drug-likeness (QED) is 0.560. The molecule has 130 valence electrons. The maximum atomic E-state index is 11.4. The van der Waals surface area contributed by atoms with E-state index in [0.29, 0.717) is 18.8 Å². The van der Waals surface area contributed by atoms with Gasteiger partial charge in [-0.3, -0.25) is 10.0 Å². The van der Waals surface area contributed by atoms with Crippen molar-refractivity contribution in [2.45, 2.75) is 57.5 Å². The van der Waals surface area contributed by atoms with E-state index in [1.807, 2.05) is 18.2 Å². The lowest BCUT2D eigenvalue weighted by atomic mass is 9.89. The molecule has 1 aliphatic carbocycles. The summed E-state index contributed by atoms with van der Waals surface area (Å²) in [4.78, 5) is 16.1. The summed E-state index contributed by atoms with van der Waals surface area (Å²) in [5, 5.41) is 8.69. The molecule has 1 amide bonds. The van der Waals surface area contributed by atoms with Crippen LogP contribution in [-0.4, -0.2) is 26.7 Å². The van der Waals surface area contributed by atoms with E-state index in [0.717, 1.165) is 23.4 Å². The van der Waals surface area contributed by atoms with Crippen molar-refractivity contribution in [2.75, 3.05) is 0 Å². The highest BCUT2D eigenvalue weighted by Crippen LogP contribution is 2.27. The van der Waals surface area contributed by atoms with E-state index in [4.69, 9.17) is 15.9 Å². The van der Waals surface area contributed by atoms with Gasteiger partial charge in [0.2, 0.25) is 0 Å². The number of para-hydroxylation sites is 2. The van der Waals surface area contributed by atoms with Crippen molar-refractivity contribution in [1.82, 2.24) is 15.0 Å². The third-order valence-corrected chi connectivity index (χ3v) is 5.03. The van der Waals surface area contributed by atoms with Crippen LogP contribution in [0.5, 0.6) is 0 Å². The molecule has 1 heterocycles. The topological polar surface area (TPSA) is 93.2 Å². The number of imidazole rings is 1. The number of hydrogen-bond acceptors (Lipinski definition) is 4. The van der Waals surface area contributed by atoms with Gasteiger partial charge >= 0.3 is 0 Å². The molecule has 1 atom stereocenters. The summed E-state index contributed by atoms with van der Waals surface area (Å²) in [6.45, 7) is 0.983. The van der Waals surface area contributed by atoms with E-state index in [1.54, 1.807) is 5.48 Å². The fourth-order valence-corrected chi connectivity index (χ4v) is 3.65. The van der Waals surface area contributed by atoms with Crippen LogP contribution in [0.3, 0.4) is 0 Å². The maximum Gasteiger partial charge on any atom is 0.260 e. The number of nitrogens with two attached hydrogens (primary N) is 1. The smallest absolute Gasteiger partial charge is 0.260 e. The van der Waals surface area contributed by atoms with Gasteiger partial charge in [-0.15, -0.1) is 0 Å². The molecule has 6 heteroatoms. The second-order valence-corrected chi connectivity index (χ2v) is 6.75. The van der Waals surface area contributed by atoms with Crippen molar-refractivity contribution < 1.29 is 10.0 Å². The van der Waals surface area contributed by atoms with Gasteiger partial charge in [-0.1, -0.05) is 31.4 Å². The minimum Gasteiger partial charge on any atom is -0.328 e. The molecule has 0 aliphatic heterocycles. The number of carbonyl (C=O) groups is 1. The lowest BCUT2D eigenvalue weighted by Crippen LogP contribution is -2.39. The van der Waals surface area contributed by atoms with Crippen LogP contribution in [0.4, 0.5) is 0 Å². The maximum absolute atomic E-state index is 11.4. The number of aromatic nitrogens is 2. The highest BCUT2D eigenvalue weighted by molar-refractivity contribution is 5.80. The third-order valence-electron chi connectivity index (χ3n) is 5.03. The molecule has 1 aliphatic rings. The molecule has 0 saturated heterocycles. The zero-order valence-electron chi connectivity index (χ0n) is 13.9. The molecular weight excluding hydrogens is 304 g/mol. The Labute approximate surface area is 142 Å². The first kappa shape index (κ1) is 16.9. The number of aryl methyl sites for hydroxylation is 1. The molecule has 1 aromatic heterocycles. The Morgan fingerprint density at radius 3 is 2.83 bits per heavy atom. The minimum absolute atomic E-state index is 0.459. The molecule has 3 rings (SSSR count). The molecule has 0 bridgehead atoms. The van der Waals surface area contributed by atoms with Gasteiger partial charge in [-0.25, -0.2) is 10.5 Å². The molecule has 4 N–H and O–H groups in total. The predicted molar refractivity (Wildman–Crippen MR) is 92.5 cm³/mol.